The molecule has 0 aromatic heterocycles. The van der Waals surface area contributed by atoms with Gasteiger partial charge in [0, 0.05) is 6.04 Å². The lowest BCUT2D eigenvalue weighted by molar-refractivity contribution is 0.288. The molecule has 2 atom stereocenters. The second kappa shape index (κ2) is 5.33. The number of anilines is 2. The van der Waals surface area contributed by atoms with E-state index in [4.69, 9.17) is 4.74 Å². The fourth-order valence-electron chi connectivity index (χ4n) is 3.62. The number of likely N-dealkylation sites (N-methyl/N-ethyl adjacent to an activating group) is 1. The third kappa shape index (κ3) is 2.08. The highest BCUT2D eigenvalue weighted by Gasteiger charge is 2.47. The van der Waals surface area contributed by atoms with Crippen LogP contribution in [0.2, 0.25) is 0 Å². The Morgan fingerprint density at radius 3 is 2.05 bits per heavy atom. The predicted octanol–water partition coefficient (Wildman–Crippen LogP) is 4.41. The van der Waals surface area contributed by atoms with Gasteiger partial charge in [-0.2, -0.15) is 0 Å². The molecule has 1 saturated carbocycles. The van der Waals surface area contributed by atoms with Gasteiger partial charge in [0.15, 0.2) is 11.5 Å². The van der Waals surface area contributed by atoms with Crippen LogP contribution in [0.1, 0.15) is 20.3 Å². The molecule has 3 nitrogen and oxygen atoms in total. The van der Waals surface area contributed by atoms with Crippen molar-refractivity contribution in [2.24, 2.45) is 0 Å². The number of ether oxygens (including phenoxy) is 1. The lowest BCUT2D eigenvalue weighted by Gasteiger charge is -2.34. The first-order valence-electron chi connectivity index (χ1n) is 8.22. The van der Waals surface area contributed by atoms with Crippen molar-refractivity contribution < 1.29 is 4.74 Å². The Hall–Kier alpha value is -2.00. The number of hydrogen-bond acceptors (Lipinski definition) is 3. The molecule has 1 fully saturated rings. The van der Waals surface area contributed by atoms with Crippen molar-refractivity contribution in [3.63, 3.8) is 0 Å². The van der Waals surface area contributed by atoms with Gasteiger partial charge in [0.2, 0.25) is 0 Å². The summed E-state index contributed by atoms with van der Waals surface area (Å²) in [4.78, 5) is 5.04. The van der Waals surface area contributed by atoms with E-state index >= 15 is 0 Å². The van der Waals surface area contributed by atoms with E-state index in [-0.39, 0.29) is 0 Å². The summed E-state index contributed by atoms with van der Waals surface area (Å²) < 4.78 is 6.08. The average molecular weight is 294 g/mol. The summed E-state index contributed by atoms with van der Waals surface area (Å²) in [5.41, 5.74) is 2.39. The van der Waals surface area contributed by atoms with E-state index in [2.05, 4.69) is 60.0 Å². The van der Waals surface area contributed by atoms with Gasteiger partial charge in [0.1, 0.15) is 0 Å². The maximum Gasteiger partial charge on any atom is 0.151 e. The molecule has 0 spiro atoms. The van der Waals surface area contributed by atoms with Crippen LogP contribution in [-0.4, -0.2) is 30.1 Å². The number of hydrogen-bond donors (Lipinski definition) is 0. The Morgan fingerprint density at radius 1 is 0.955 bits per heavy atom. The third-order valence-electron chi connectivity index (χ3n) is 4.81. The number of para-hydroxylation sites is 4. The lowest BCUT2D eigenvalue weighted by atomic mass is 10.1. The molecule has 22 heavy (non-hydrogen) atoms. The Labute approximate surface area is 132 Å². The summed E-state index contributed by atoms with van der Waals surface area (Å²) in [5.74, 6) is 1.93. The summed E-state index contributed by atoms with van der Waals surface area (Å²) in [6.45, 7) is 6.73. The van der Waals surface area contributed by atoms with Crippen molar-refractivity contribution in [3.8, 4) is 11.5 Å². The zero-order chi connectivity index (χ0) is 15.1. The zero-order valence-corrected chi connectivity index (χ0v) is 13.2. The van der Waals surface area contributed by atoms with Crippen molar-refractivity contribution in [1.82, 2.24) is 4.90 Å². The third-order valence-corrected chi connectivity index (χ3v) is 4.81. The van der Waals surface area contributed by atoms with Crippen LogP contribution in [0, 0.1) is 0 Å². The van der Waals surface area contributed by atoms with Crippen LogP contribution in [-0.2, 0) is 0 Å². The molecule has 0 N–H and O–H groups in total. The molecule has 0 amide bonds. The maximum atomic E-state index is 6.08. The van der Waals surface area contributed by atoms with Crippen LogP contribution >= 0.6 is 0 Å². The number of fused-ring (bicyclic) bond motifs is 2. The zero-order valence-electron chi connectivity index (χ0n) is 13.2. The summed E-state index contributed by atoms with van der Waals surface area (Å²) in [6, 6.07) is 17.9. The molecule has 4 rings (SSSR count). The summed E-state index contributed by atoms with van der Waals surface area (Å²) in [6.07, 6.45) is 1.23. The Bertz CT molecular complexity index is 635. The number of nitrogens with zero attached hydrogens (tertiary/aromatic N) is 2. The normalized spacial score (nSPS) is 22.0. The summed E-state index contributed by atoms with van der Waals surface area (Å²) in [7, 11) is 0. The molecule has 1 aliphatic carbocycles. The highest BCUT2D eigenvalue weighted by molar-refractivity contribution is 5.79. The van der Waals surface area contributed by atoms with Crippen LogP contribution in [0.5, 0.6) is 11.5 Å². The molecule has 2 aromatic carbocycles. The van der Waals surface area contributed by atoms with Crippen molar-refractivity contribution in [3.05, 3.63) is 48.5 Å². The molecule has 1 heterocycles. The van der Waals surface area contributed by atoms with Gasteiger partial charge in [0.05, 0.1) is 17.4 Å². The van der Waals surface area contributed by atoms with Crippen LogP contribution in [0.4, 0.5) is 11.4 Å². The molecule has 1 aliphatic heterocycles. The minimum atomic E-state index is 0.547. The lowest BCUT2D eigenvalue weighted by Crippen LogP contribution is -2.33. The Balaban J connectivity index is 1.73. The van der Waals surface area contributed by atoms with Gasteiger partial charge in [-0.25, -0.2) is 0 Å². The van der Waals surface area contributed by atoms with Crippen LogP contribution in [0.15, 0.2) is 48.5 Å². The molecule has 2 aliphatic rings. The highest BCUT2D eigenvalue weighted by atomic mass is 16.5. The molecular formula is C19H22N2O. The van der Waals surface area contributed by atoms with Gasteiger partial charge in [-0.1, -0.05) is 38.1 Å². The van der Waals surface area contributed by atoms with Crippen LogP contribution in [0.3, 0.4) is 0 Å². The smallest absolute Gasteiger partial charge is 0.151 e. The summed E-state index contributed by atoms with van der Waals surface area (Å²) >= 11 is 0. The first-order chi connectivity index (χ1) is 10.8. The fraction of sp³-hybridized carbons (Fsp3) is 0.368. The van der Waals surface area contributed by atoms with E-state index in [1.165, 1.54) is 17.8 Å². The molecule has 2 aromatic rings. The molecule has 2 unspecified atom stereocenters. The fourth-order valence-corrected chi connectivity index (χ4v) is 3.62. The Morgan fingerprint density at radius 2 is 1.50 bits per heavy atom. The van der Waals surface area contributed by atoms with Crippen LogP contribution in [0.25, 0.3) is 0 Å². The Kier molecular flexibility index (Phi) is 3.30. The monoisotopic (exact) mass is 294 g/mol. The van der Waals surface area contributed by atoms with Gasteiger partial charge in [-0.3, -0.25) is 4.90 Å². The minimum Gasteiger partial charge on any atom is -0.453 e. The molecule has 0 bridgehead atoms. The molecule has 0 radical (unpaired) electrons. The first kappa shape index (κ1) is 13.6. The molecule has 0 saturated heterocycles. The molecular weight excluding hydrogens is 272 g/mol. The quantitative estimate of drug-likeness (QED) is 0.830. The SMILES string of the molecule is CCN(CC)C1CC1N1c2ccccc2Oc2ccccc21. The topological polar surface area (TPSA) is 15.7 Å². The van der Waals surface area contributed by atoms with Crippen LogP contribution < -0.4 is 9.64 Å². The van der Waals surface area contributed by atoms with E-state index in [1.54, 1.807) is 0 Å². The van der Waals surface area contributed by atoms with E-state index in [0.29, 0.717) is 12.1 Å². The number of rotatable bonds is 4. The number of benzene rings is 2. The largest absolute Gasteiger partial charge is 0.453 e. The van der Waals surface area contributed by atoms with E-state index < -0.39 is 0 Å². The van der Waals surface area contributed by atoms with E-state index in [9.17, 15) is 0 Å². The van der Waals surface area contributed by atoms with Crippen molar-refractivity contribution in [2.75, 3.05) is 18.0 Å². The van der Waals surface area contributed by atoms with Crippen molar-refractivity contribution in [1.29, 1.82) is 0 Å². The maximum absolute atomic E-state index is 6.08. The molecule has 114 valence electrons. The van der Waals surface area contributed by atoms with Gasteiger partial charge >= 0.3 is 0 Å². The van der Waals surface area contributed by atoms with Gasteiger partial charge in [-0.15, -0.1) is 0 Å². The van der Waals surface area contributed by atoms with E-state index in [0.717, 1.165) is 24.6 Å². The van der Waals surface area contributed by atoms with Gasteiger partial charge < -0.3 is 9.64 Å². The molecule has 3 heteroatoms. The standard InChI is InChI=1S/C19H22N2O/c1-3-20(4-2)16-13-17(16)21-14-9-5-7-11-18(14)22-19-12-8-6-10-15(19)21/h5-12,16-17H,3-4,13H2,1-2H3. The van der Waals surface area contributed by atoms with Crippen molar-refractivity contribution >= 4 is 11.4 Å². The second-order valence-electron chi connectivity index (χ2n) is 6.00. The second-order valence-corrected chi connectivity index (χ2v) is 6.00. The van der Waals surface area contributed by atoms with Gasteiger partial charge in [0.25, 0.3) is 0 Å². The highest BCUT2D eigenvalue weighted by Crippen LogP contribution is 2.51. The average Bonchev–Trinajstić information content (AvgIpc) is 3.34. The van der Waals surface area contributed by atoms with E-state index in [1.807, 2.05) is 12.1 Å². The van der Waals surface area contributed by atoms with Gasteiger partial charge in [-0.05, 0) is 43.8 Å². The predicted molar refractivity (Wildman–Crippen MR) is 90.2 cm³/mol. The summed E-state index contributed by atoms with van der Waals surface area (Å²) in [5, 5.41) is 0. The van der Waals surface area contributed by atoms with Crippen molar-refractivity contribution in [2.45, 2.75) is 32.4 Å². The first-order valence-corrected chi connectivity index (χ1v) is 8.22. The minimum absolute atomic E-state index is 0.547.